The van der Waals surface area contributed by atoms with Crippen molar-refractivity contribution in [1.82, 2.24) is 0 Å². The lowest BCUT2D eigenvalue weighted by molar-refractivity contribution is -0.110. The average Bonchev–Trinajstić information content (AvgIpc) is 3.06. The number of ketones is 3. The number of fused-ring (bicyclic) bond motifs is 2. The first-order valence-corrected chi connectivity index (χ1v) is 17.1. The second kappa shape index (κ2) is 12.9. The molecule has 0 saturated heterocycles. The molecule has 7 N–H and O–H groups in total. The molecule has 3 aliphatic rings. The Balaban J connectivity index is 1.21. The molecule has 3 aromatic carbocycles. The Hall–Kier alpha value is -6.34. The van der Waals surface area contributed by atoms with E-state index in [0.29, 0.717) is 11.4 Å². The van der Waals surface area contributed by atoms with Crippen LogP contribution in [0.15, 0.2) is 110 Å². The number of hydrogen-bond donors (Lipinski definition) is 6. The zero-order valence-corrected chi connectivity index (χ0v) is 26.9. The molecule has 0 radical (unpaired) electrons. The number of benzene rings is 3. The van der Waals surface area contributed by atoms with Crippen molar-refractivity contribution in [3.8, 4) is 0 Å². The van der Waals surface area contributed by atoms with E-state index in [2.05, 4.69) is 31.6 Å². The molecular weight excluding hydrogens is 691 g/mol. The van der Waals surface area contributed by atoms with Crippen LogP contribution >= 0.6 is 0 Å². The fourth-order valence-corrected chi connectivity index (χ4v) is 6.20. The minimum atomic E-state index is -4.92. The lowest BCUT2D eigenvalue weighted by Crippen LogP contribution is -2.27. The maximum Gasteiger partial charge on any atom is 0.296 e. The van der Waals surface area contributed by atoms with E-state index >= 15 is 0 Å². The number of rotatable bonds is 8. The first-order valence-electron chi connectivity index (χ1n) is 14.2. The van der Waals surface area contributed by atoms with E-state index in [9.17, 15) is 40.3 Å². The first-order chi connectivity index (χ1) is 23.7. The van der Waals surface area contributed by atoms with Crippen LogP contribution in [0.5, 0.6) is 0 Å². The number of allylic oxidation sites excluding steroid dienone is 6. The van der Waals surface area contributed by atoms with E-state index in [-0.39, 0.29) is 45.1 Å². The Kier molecular flexibility index (Phi) is 8.68. The molecule has 0 unspecified atom stereocenters. The molecule has 6 rings (SSSR count). The normalized spacial score (nSPS) is 17.2. The average molecular weight is 714 g/mol. The van der Waals surface area contributed by atoms with Crippen molar-refractivity contribution in [3.05, 3.63) is 117 Å². The molecule has 0 amide bonds. The summed E-state index contributed by atoms with van der Waals surface area (Å²) in [6.07, 6.45) is 7.84. The summed E-state index contributed by atoms with van der Waals surface area (Å²) in [6, 6.07) is 14.4. The Morgan fingerprint density at radius 3 is 1.50 bits per heavy atom. The van der Waals surface area contributed by atoms with Crippen LogP contribution in [0.4, 0.5) is 22.7 Å². The van der Waals surface area contributed by atoms with Gasteiger partial charge in [-0.05, 0) is 108 Å². The number of nitrogens with one attached hydrogen (secondary N) is 3. The molecule has 3 aliphatic carbocycles. The molecule has 0 heterocycles. The van der Waals surface area contributed by atoms with Crippen LogP contribution in [0.25, 0.3) is 12.2 Å². The second-order valence-electron chi connectivity index (χ2n) is 10.7. The van der Waals surface area contributed by atoms with Gasteiger partial charge >= 0.3 is 0 Å². The molecule has 18 heteroatoms. The van der Waals surface area contributed by atoms with Gasteiger partial charge in [0.25, 0.3) is 20.2 Å². The van der Waals surface area contributed by atoms with Gasteiger partial charge in [0.15, 0.2) is 17.2 Å². The largest absolute Gasteiger partial charge is 0.399 e. The van der Waals surface area contributed by atoms with Gasteiger partial charge in [0, 0.05) is 16.8 Å². The summed E-state index contributed by atoms with van der Waals surface area (Å²) < 4.78 is 68.3. The zero-order chi connectivity index (χ0) is 35.8. The number of nitrogen functional groups attached to an aromatic ring is 1. The molecule has 0 spiro atoms. The third-order valence-electron chi connectivity index (χ3n) is 7.27. The van der Waals surface area contributed by atoms with Crippen molar-refractivity contribution in [2.24, 2.45) is 15.3 Å². The monoisotopic (exact) mass is 713 g/mol. The first kappa shape index (κ1) is 33.6. The van der Waals surface area contributed by atoms with Gasteiger partial charge in [-0.25, -0.2) is 0 Å². The lowest BCUT2D eigenvalue weighted by atomic mass is 9.94. The minimum absolute atomic E-state index is 0.0968. The van der Waals surface area contributed by atoms with Crippen molar-refractivity contribution in [2.75, 3.05) is 22.0 Å². The smallest absolute Gasteiger partial charge is 0.296 e. The van der Waals surface area contributed by atoms with E-state index in [1.54, 1.807) is 0 Å². The maximum atomic E-state index is 13.3. The molecule has 3 aromatic rings. The topological polar surface area (TPSA) is 259 Å². The Morgan fingerprint density at radius 1 is 0.560 bits per heavy atom. The number of hydrazone groups is 3. The zero-order valence-electron chi connectivity index (χ0n) is 25.2. The Bertz CT molecular complexity index is 2440. The van der Waals surface area contributed by atoms with Crippen molar-refractivity contribution in [2.45, 2.75) is 0 Å². The molecule has 0 fully saturated rings. The standard InChI is InChI=1S/C32H23N7O9S2/c33-19-1-11-25-17(13-19)15-27(49(43,44)45)29(31(25)41)38-35-20-2-4-21(5-3-20)36-39-30-28(50(46,47)48)16-18-14-23(8-12-26(18)32(30)42)37-34-22-6-9-24(40)10-7-22/h1-16,35-37H,33H2,(H,43,44,45)(H,46,47,48). The van der Waals surface area contributed by atoms with Gasteiger partial charge in [0.05, 0.1) is 22.8 Å². The molecule has 0 saturated carbocycles. The molecule has 50 heavy (non-hydrogen) atoms. The predicted molar refractivity (Wildman–Crippen MR) is 188 cm³/mol. The summed E-state index contributed by atoms with van der Waals surface area (Å²) in [5, 5.41) is 12.0. The summed E-state index contributed by atoms with van der Waals surface area (Å²) in [4.78, 5) is 36.2. The number of carbonyl (C=O) groups excluding carboxylic acids is 3. The van der Waals surface area contributed by atoms with Crippen LogP contribution < -0.4 is 22.0 Å². The third kappa shape index (κ3) is 7.08. The molecular formula is C32H23N7O9S2. The summed E-state index contributed by atoms with van der Waals surface area (Å²) in [5.74, 6) is -1.75. The highest BCUT2D eigenvalue weighted by atomic mass is 32.2. The van der Waals surface area contributed by atoms with Crippen molar-refractivity contribution < 1.29 is 40.3 Å². The van der Waals surface area contributed by atoms with Crippen LogP contribution in [0.3, 0.4) is 0 Å². The summed E-state index contributed by atoms with van der Waals surface area (Å²) in [7, 11) is -9.77. The van der Waals surface area contributed by atoms with E-state index in [4.69, 9.17) is 5.73 Å². The van der Waals surface area contributed by atoms with Crippen LogP contribution in [-0.4, -0.2) is 60.4 Å². The van der Waals surface area contributed by atoms with Crippen LogP contribution in [0.1, 0.15) is 31.8 Å². The van der Waals surface area contributed by atoms with Gasteiger partial charge in [0.2, 0.25) is 11.6 Å². The van der Waals surface area contributed by atoms with E-state index in [1.807, 2.05) is 0 Å². The molecule has 252 valence electrons. The minimum Gasteiger partial charge on any atom is -0.399 e. The molecule has 0 bridgehead atoms. The van der Waals surface area contributed by atoms with Crippen LogP contribution in [-0.2, 0) is 25.0 Å². The highest BCUT2D eigenvalue weighted by molar-refractivity contribution is 7.91. The third-order valence-corrected chi connectivity index (χ3v) is 9.01. The van der Waals surface area contributed by atoms with Gasteiger partial charge in [-0.2, -0.15) is 32.1 Å². The summed E-state index contributed by atoms with van der Waals surface area (Å²) in [5.41, 5.74) is 14.7. The highest BCUT2D eigenvalue weighted by Gasteiger charge is 2.34. The number of hydrogen-bond acceptors (Lipinski definition) is 14. The summed E-state index contributed by atoms with van der Waals surface area (Å²) in [6.45, 7) is 0. The number of anilines is 4. The van der Waals surface area contributed by atoms with Gasteiger partial charge in [-0.15, -0.1) is 0 Å². The number of carbonyl (C=O) groups is 3. The summed E-state index contributed by atoms with van der Waals surface area (Å²) >= 11 is 0. The van der Waals surface area contributed by atoms with E-state index in [0.717, 1.165) is 12.2 Å². The highest BCUT2D eigenvalue weighted by Crippen LogP contribution is 2.29. The van der Waals surface area contributed by atoms with Gasteiger partial charge < -0.3 is 5.73 Å². The van der Waals surface area contributed by atoms with Crippen LogP contribution in [0.2, 0.25) is 0 Å². The fourth-order valence-electron chi connectivity index (χ4n) is 4.88. The SMILES string of the molecule is Nc1ccc2c(c1)C=C(S(=O)(=O)O)C(=NNc1ccc(NN=C3C(=O)c4ccc(NN=C5C=CC(=O)C=C5)cc4C=C3S(=O)(=O)O)cc1)C2=O. The predicted octanol–water partition coefficient (Wildman–Crippen LogP) is 3.52. The molecule has 16 nitrogen and oxygen atoms in total. The maximum absolute atomic E-state index is 13.3. The number of nitrogens with two attached hydrogens (primary N) is 1. The molecule has 0 aliphatic heterocycles. The Labute approximate surface area is 283 Å². The number of nitrogens with zero attached hydrogens (tertiary/aromatic N) is 3. The lowest BCUT2D eigenvalue weighted by Gasteiger charge is -2.17. The van der Waals surface area contributed by atoms with Crippen molar-refractivity contribution in [1.29, 1.82) is 0 Å². The van der Waals surface area contributed by atoms with Crippen LogP contribution in [0, 0.1) is 0 Å². The fraction of sp³-hybridized carbons (Fsp3) is 0. The van der Waals surface area contributed by atoms with Gasteiger partial charge in [-0.1, -0.05) is 0 Å². The van der Waals surface area contributed by atoms with E-state index < -0.39 is 53.0 Å². The van der Waals surface area contributed by atoms with Gasteiger partial charge in [0.1, 0.15) is 9.81 Å². The van der Waals surface area contributed by atoms with Crippen molar-refractivity contribution >= 4 is 89.6 Å². The van der Waals surface area contributed by atoms with Gasteiger partial charge in [-0.3, -0.25) is 39.8 Å². The Morgan fingerprint density at radius 2 is 1.00 bits per heavy atom. The quantitative estimate of drug-likeness (QED) is 0.0846. The second-order valence-corrected chi connectivity index (χ2v) is 13.5. The molecule has 0 atom stereocenters. The molecule has 0 aromatic heterocycles. The van der Waals surface area contributed by atoms with E-state index in [1.165, 1.54) is 85.0 Å². The number of Topliss-reactive ketones (excluding diaryl/α,β-unsaturated/α-hetero) is 2. The van der Waals surface area contributed by atoms with Crippen molar-refractivity contribution in [3.63, 3.8) is 0 Å².